The normalized spacial score (nSPS) is 27.3. The van der Waals surface area contributed by atoms with E-state index in [-0.39, 0.29) is 17.7 Å². The molecule has 2 fully saturated rings. The van der Waals surface area contributed by atoms with Crippen molar-refractivity contribution in [2.75, 3.05) is 13.1 Å². The number of hydrogen-bond donors (Lipinski definition) is 2. The van der Waals surface area contributed by atoms with Crippen molar-refractivity contribution >= 4 is 5.91 Å². The molecule has 0 radical (unpaired) electrons. The quantitative estimate of drug-likeness (QED) is 0.897. The summed E-state index contributed by atoms with van der Waals surface area (Å²) in [6.07, 6.45) is 12.7. The second kappa shape index (κ2) is 7.27. The lowest BCUT2D eigenvalue weighted by atomic mass is 9.89. The zero-order chi connectivity index (χ0) is 15.4. The van der Waals surface area contributed by atoms with Crippen LogP contribution in [0.2, 0.25) is 0 Å². The fraction of sp³-hybridized carbons (Fsp3) is 0.765. The summed E-state index contributed by atoms with van der Waals surface area (Å²) in [5.74, 6) is 0.515. The van der Waals surface area contributed by atoms with Gasteiger partial charge in [0.25, 0.3) is 0 Å². The number of carbonyl (C=O) groups is 1. The minimum atomic E-state index is 0.0367. The summed E-state index contributed by atoms with van der Waals surface area (Å²) in [5, 5.41) is 11.0. The lowest BCUT2D eigenvalue weighted by Gasteiger charge is -2.24. The minimum Gasteiger partial charge on any atom is -0.353 e. The molecule has 3 rings (SSSR count). The third-order valence-corrected chi connectivity index (χ3v) is 5.16. The van der Waals surface area contributed by atoms with E-state index in [1.165, 1.54) is 37.7 Å². The summed E-state index contributed by atoms with van der Waals surface area (Å²) >= 11 is 0. The van der Waals surface area contributed by atoms with Gasteiger partial charge in [0.05, 0.1) is 12.1 Å². The number of carbonyl (C=O) groups excluding carboxylic acids is 1. The van der Waals surface area contributed by atoms with Crippen LogP contribution in [-0.2, 0) is 11.8 Å². The number of amides is 1. The summed E-state index contributed by atoms with van der Waals surface area (Å²) in [7, 11) is 1.93. The van der Waals surface area contributed by atoms with Crippen molar-refractivity contribution in [3.8, 4) is 0 Å². The first-order chi connectivity index (χ1) is 10.7. The molecular weight excluding hydrogens is 276 g/mol. The second-order valence-electron chi connectivity index (χ2n) is 6.87. The van der Waals surface area contributed by atoms with Gasteiger partial charge in [-0.2, -0.15) is 5.10 Å². The van der Waals surface area contributed by atoms with E-state index in [0.29, 0.717) is 6.04 Å². The molecule has 0 aromatic carbocycles. The van der Waals surface area contributed by atoms with Crippen molar-refractivity contribution in [2.24, 2.45) is 13.0 Å². The Bertz CT molecular complexity index is 491. The van der Waals surface area contributed by atoms with Crippen LogP contribution in [-0.4, -0.2) is 34.8 Å². The molecule has 1 aliphatic carbocycles. The number of nitrogens with zero attached hydrogens (tertiary/aromatic N) is 2. The Labute approximate surface area is 132 Å². The molecule has 1 aromatic rings. The molecule has 122 valence electrons. The van der Waals surface area contributed by atoms with E-state index in [1.807, 2.05) is 24.1 Å². The Morgan fingerprint density at radius 1 is 1.23 bits per heavy atom. The fourth-order valence-electron chi connectivity index (χ4n) is 3.84. The van der Waals surface area contributed by atoms with Gasteiger partial charge in [-0.05, 0) is 18.4 Å². The number of hydrogen-bond acceptors (Lipinski definition) is 3. The van der Waals surface area contributed by atoms with Crippen LogP contribution in [0, 0.1) is 5.92 Å². The summed E-state index contributed by atoms with van der Waals surface area (Å²) in [4.78, 5) is 12.7. The maximum atomic E-state index is 12.7. The van der Waals surface area contributed by atoms with Gasteiger partial charge in [-0.3, -0.25) is 9.48 Å². The van der Waals surface area contributed by atoms with Crippen molar-refractivity contribution in [1.29, 1.82) is 0 Å². The van der Waals surface area contributed by atoms with E-state index < -0.39 is 0 Å². The van der Waals surface area contributed by atoms with Crippen LogP contribution in [0.25, 0.3) is 0 Å². The zero-order valence-corrected chi connectivity index (χ0v) is 13.6. The summed E-state index contributed by atoms with van der Waals surface area (Å²) in [5.41, 5.74) is 1.17. The molecule has 2 heterocycles. The molecule has 0 unspecified atom stereocenters. The van der Waals surface area contributed by atoms with Gasteiger partial charge in [0.2, 0.25) is 5.91 Å². The molecule has 0 spiro atoms. The van der Waals surface area contributed by atoms with Crippen LogP contribution in [0.1, 0.15) is 56.4 Å². The van der Waals surface area contributed by atoms with Gasteiger partial charge in [-0.1, -0.05) is 32.1 Å². The minimum absolute atomic E-state index is 0.0367. The average molecular weight is 304 g/mol. The van der Waals surface area contributed by atoms with Gasteiger partial charge >= 0.3 is 0 Å². The Balaban J connectivity index is 1.60. The molecule has 1 aromatic heterocycles. The maximum Gasteiger partial charge on any atom is 0.225 e. The molecule has 5 heteroatoms. The highest BCUT2D eigenvalue weighted by atomic mass is 16.2. The summed E-state index contributed by atoms with van der Waals surface area (Å²) < 4.78 is 1.82. The van der Waals surface area contributed by atoms with E-state index in [1.54, 1.807) is 0 Å². The van der Waals surface area contributed by atoms with E-state index in [9.17, 15) is 4.79 Å². The molecule has 0 bridgehead atoms. The Morgan fingerprint density at radius 2 is 1.95 bits per heavy atom. The van der Waals surface area contributed by atoms with E-state index >= 15 is 0 Å². The first-order valence-electron chi connectivity index (χ1n) is 8.73. The second-order valence-corrected chi connectivity index (χ2v) is 6.87. The van der Waals surface area contributed by atoms with Crippen molar-refractivity contribution in [1.82, 2.24) is 20.4 Å². The molecule has 2 N–H and O–H groups in total. The predicted molar refractivity (Wildman–Crippen MR) is 86.6 cm³/mol. The lowest BCUT2D eigenvalue weighted by Crippen LogP contribution is -2.41. The van der Waals surface area contributed by atoms with Gasteiger partial charge < -0.3 is 10.6 Å². The number of nitrogens with one attached hydrogen (secondary N) is 2. The first-order valence-corrected chi connectivity index (χ1v) is 8.73. The molecule has 1 amide bonds. The molecule has 2 aliphatic rings. The van der Waals surface area contributed by atoms with Gasteiger partial charge in [-0.25, -0.2) is 0 Å². The van der Waals surface area contributed by atoms with Crippen molar-refractivity contribution in [2.45, 2.75) is 56.9 Å². The van der Waals surface area contributed by atoms with Crippen LogP contribution >= 0.6 is 0 Å². The molecule has 1 saturated heterocycles. The molecular formula is C17H28N4O. The SMILES string of the molecule is Cn1cc([C@H]2CNC[C@@H]2C(=O)NC2CCCCCCC2)cn1. The van der Waals surface area contributed by atoms with Crippen molar-refractivity contribution in [3.63, 3.8) is 0 Å². The van der Waals surface area contributed by atoms with Gasteiger partial charge in [-0.15, -0.1) is 0 Å². The molecule has 5 nitrogen and oxygen atoms in total. The standard InChI is InChI=1S/C17H28N4O/c1-21-12-13(9-19-21)15-10-18-11-16(15)17(22)20-14-7-5-3-2-4-6-8-14/h9,12,14-16,18H,2-8,10-11H2,1H3,(H,20,22)/t15-,16+/m1/s1. The number of aryl methyl sites for hydroxylation is 1. The highest BCUT2D eigenvalue weighted by molar-refractivity contribution is 5.80. The van der Waals surface area contributed by atoms with Crippen LogP contribution in [0.15, 0.2) is 12.4 Å². The number of rotatable bonds is 3. The van der Waals surface area contributed by atoms with Crippen molar-refractivity contribution < 1.29 is 4.79 Å². The molecule has 1 aliphatic heterocycles. The topological polar surface area (TPSA) is 59.0 Å². The summed E-state index contributed by atoms with van der Waals surface area (Å²) in [6.45, 7) is 1.65. The average Bonchev–Trinajstić information content (AvgIpc) is 3.09. The van der Waals surface area contributed by atoms with E-state index in [4.69, 9.17) is 0 Å². The Hall–Kier alpha value is -1.36. The third-order valence-electron chi connectivity index (χ3n) is 5.16. The smallest absolute Gasteiger partial charge is 0.225 e. The first kappa shape index (κ1) is 15.5. The largest absolute Gasteiger partial charge is 0.353 e. The van der Waals surface area contributed by atoms with E-state index in [0.717, 1.165) is 25.9 Å². The lowest BCUT2D eigenvalue weighted by molar-refractivity contribution is -0.125. The molecule has 2 atom stereocenters. The predicted octanol–water partition coefficient (Wildman–Crippen LogP) is 1.95. The van der Waals surface area contributed by atoms with Crippen molar-refractivity contribution in [3.05, 3.63) is 18.0 Å². The molecule has 1 saturated carbocycles. The third kappa shape index (κ3) is 3.69. The van der Waals surface area contributed by atoms with E-state index in [2.05, 4.69) is 15.7 Å². The molecule has 22 heavy (non-hydrogen) atoms. The van der Waals surface area contributed by atoms with Crippen LogP contribution in [0.3, 0.4) is 0 Å². The van der Waals surface area contributed by atoms with Crippen LogP contribution in [0.4, 0.5) is 0 Å². The Kier molecular flexibility index (Phi) is 5.13. The zero-order valence-electron chi connectivity index (χ0n) is 13.6. The highest BCUT2D eigenvalue weighted by Gasteiger charge is 2.35. The van der Waals surface area contributed by atoms with Gasteiger partial charge in [0.15, 0.2) is 0 Å². The van der Waals surface area contributed by atoms with Gasteiger partial charge in [0, 0.05) is 38.3 Å². The highest BCUT2D eigenvalue weighted by Crippen LogP contribution is 2.28. The van der Waals surface area contributed by atoms with Crippen LogP contribution < -0.4 is 10.6 Å². The van der Waals surface area contributed by atoms with Gasteiger partial charge in [0.1, 0.15) is 0 Å². The van der Waals surface area contributed by atoms with Crippen LogP contribution in [0.5, 0.6) is 0 Å². The maximum absolute atomic E-state index is 12.7. The summed E-state index contributed by atoms with van der Waals surface area (Å²) in [6, 6.07) is 0.378. The fourth-order valence-corrected chi connectivity index (χ4v) is 3.84. The Morgan fingerprint density at radius 3 is 2.64 bits per heavy atom. The monoisotopic (exact) mass is 304 g/mol. The number of aromatic nitrogens is 2.